The molecule has 0 fully saturated rings. The summed E-state index contributed by atoms with van der Waals surface area (Å²) in [4.78, 5) is 0. The molecule has 0 spiro atoms. The van der Waals surface area contributed by atoms with E-state index < -0.39 is 0 Å². The highest BCUT2D eigenvalue weighted by Crippen LogP contribution is 2.28. The van der Waals surface area contributed by atoms with Crippen molar-refractivity contribution in [2.45, 2.75) is 20.0 Å². The van der Waals surface area contributed by atoms with E-state index in [1.165, 1.54) is 0 Å². The second-order valence-electron chi connectivity index (χ2n) is 5.20. The van der Waals surface area contributed by atoms with Crippen LogP contribution in [0.15, 0.2) is 42.5 Å². The summed E-state index contributed by atoms with van der Waals surface area (Å²) in [6, 6.07) is 13.8. The van der Waals surface area contributed by atoms with Crippen LogP contribution in [0.4, 0.5) is 0 Å². The van der Waals surface area contributed by atoms with Gasteiger partial charge in [-0.3, -0.25) is 0 Å². The summed E-state index contributed by atoms with van der Waals surface area (Å²) >= 11 is 0. The van der Waals surface area contributed by atoms with Gasteiger partial charge in [0.05, 0.1) is 20.3 Å². The molecule has 0 saturated carbocycles. The summed E-state index contributed by atoms with van der Waals surface area (Å²) in [5.74, 6) is 2.23. The number of aliphatic hydroxyl groups is 1. The van der Waals surface area contributed by atoms with Crippen molar-refractivity contribution in [2.75, 3.05) is 26.9 Å². The van der Waals surface area contributed by atoms with Crippen molar-refractivity contribution in [2.24, 2.45) is 0 Å². The molecule has 2 rings (SSSR count). The number of hydrogen-bond acceptors (Lipinski definition) is 5. The number of nitrogens with one attached hydrogen (secondary N) is 1. The Morgan fingerprint density at radius 3 is 2.54 bits per heavy atom. The Morgan fingerprint density at radius 1 is 0.958 bits per heavy atom. The molecule has 0 aliphatic heterocycles. The lowest BCUT2D eigenvalue weighted by atomic mass is 10.1. The second-order valence-corrected chi connectivity index (χ2v) is 5.20. The van der Waals surface area contributed by atoms with E-state index in [0.717, 1.165) is 23.4 Å². The molecule has 0 aromatic heterocycles. The van der Waals surface area contributed by atoms with E-state index in [0.29, 0.717) is 24.7 Å². The molecule has 0 heterocycles. The highest BCUT2D eigenvalue weighted by atomic mass is 16.5. The zero-order valence-corrected chi connectivity index (χ0v) is 14.2. The average Bonchev–Trinajstić information content (AvgIpc) is 2.62. The molecule has 5 nitrogen and oxygen atoms in total. The van der Waals surface area contributed by atoms with Gasteiger partial charge in [0.1, 0.15) is 12.4 Å². The Kier molecular flexibility index (Phi) is 7.39. The third-order valence-electron chi connectivity index (χ3n) is 3.49. The fourth-order valence-electron chi connectivity index (χ4n) is 2.40. The zero-order chi connectivity index (χ0) is 17.2. The minimum Gasteiger partial charge on any atom is -0.496 e. The molecule has 0 unspecified atom stereocenters. The molecule has 130 valence electrons. The van der Waals surface area contributed by atoms with E-state index in [9.17, 15) is 0 Å². The normalized spacial score (nSPS) is 10.5. The van der Waals surface area contributed by atoms with Crippen molar-refractivity contribution >= 4 is 0 Å². The number of rotatable bonds is 10. The SMILES string of the molecule is CCOc1cc(CNCc2ccccc2OC)ccc1OCCO. The maximum Gasteiger partial charge on any atom is 0.161 e. The van der Waals surface area contributed by atoms with Gasteiger partial charge in [-0.2, -0.15) is 0 Å². The van der Waals surface area contributed by atoms with Gasteiger partial charge in [-0.1, -0.05) is 24.3 Å². The van der Waals surface area contributed by atoms with Crippen LogP contribution in [0.5, 0.6) is 17.2 Å². The Bertz CT molecular complexity index is 631. The van der Waals surface area contributed by atoms with Gasteiger partial charge in [-0.15, -0.1) is 0 Å². The van der Waals surface area contributed by atoms with Gasteiger partial charge in [0.25, 0.3) is 0 Å². The Balaban J connectivity index is 1.97. The smallest absolute Gasteiger partial charge is 0.161 e. The van der Waals surface area contributed by atoms with E-state index in [1.54, 1.807) is 7.11 Å². The first-order valence-electron chi connectivity index (χ1n) is 8.10. The summed E-state index contributed by atoms with van der Waals surface area (Å²) in [5.41, 5.74) is 2.22. The molecule has 0 atom stereocenters. The number of ether oxygens (including phenoxy) is 3. The summed E-state index contributed by atoms with van der Waals surface area (Å²) in [6.07, 6.45) is 0. The Labute approximate surface area is 143 Å². The predicted molar refractivity (Wildman–Crippen MR) is 93.7 cm³/mol. The zero-order valence-electron chi connectivity index (χ0n) is 14.2. The summed E-state index contributed by atoms with van der Waals surface area (Å²) in [5, 5.41) is 12.3. The molecule has 0 amide bonds. The minimum atomic E-state index is -0.0201. The van der Waals surface area contributed by atoms with Crippen LogP contribution in [-0.4, -0.2) is 32.0 Å². The number of hydrogen-bond donors (Lipinski definition) is 2. The van der Waals surface area contributed by atoms with Gasteiger partial charge >= 0.3 is 0 Å². The van der Waals surface area contributed by atoms with Gasteiger partial charge in [0.2, 0.25) is 0 Å². The van der Waals surface area contributed by atoms with Crippen LogP contribution in [0.1, 0.15) is 18.1 Å². The molecule has 0 saturated heterocycles. The third kappa shape index (κ3) is 5.15. The molecule has 2 aromatic carbocycles. The van der Waals surface area contributed by atoms with Gasteiger partial charge in [0, 0.05) is 18.7 Å². The maximum absolute atomic E-state index is 8.88. The van der Waals surface area contributed by atoms with Crippen molar-refractivity contribution < 1.29 is 19.3 Å². The lowest BCUT2D eigenvalue weighted by molar-refractivity contribution is 0.194. The number of benzene rings is 2. The third-order valence-corrected chi connectivity index (χ3v) is 3.49. The lowest BCUT2D eigenvalue weighted by Gasteiger charge is -2.14. The van der Waals surface area contributed by atoms with E-state index >= 15 is 0 Å². The fourth-order valence-corrected chi connectivity index (χ4v) is 2.40. The van der Waals surface area contributed by atoms with Crippen molar-refractivity contribution in [3.63, 3.8) is 0 Å². The van der Waals surface area contributed by atoms with E-state index in [-0.39, 0.29) is 13.2 Å². The molecule has 24 heavy (non-hydrogen) atoms. The molecule has 0 aliphatic carbocycles. The van der Waals surface area contributed by atoms with Crippen LogP contribution < -0.4 is 19.5 Å². The van der Waals surface area contributed by atoms with Crippen LogP contribution >= 0.6 is 0 Å². The standard InChI is InChI=1S/C19H25NO4/c1-3-23-19-12-15(8-9-18(19)24-11-10-21)13-20-14-16-6-4-5-7-17(16)22-2/h4-9,12,20-21H,3,10-11,13-14H2,1-2H3. The maximum atomic E-state index is 8.88. The monoisotopic (exact) mass is 331 g/mol. The molecule has 0 aliphatic rings. The lowest BCUT2D eigenvalue weighted by Crippen LogP contribution is -2.13. The fraction of sp³-hybridized carbons (Fsp3) is 0.368. The van der Waals surface area contributed by atoms with Crippen molar-refractivity contribution in [1.82, 2.24) is 5.32 Å². The van der Waals surface area contributed by atoms with Crippen LogP contribution in [0.2, 0.25) is 0 Å². The van der Waals surface area contributed by atoms with Gasteiger partial charge < -0.3 is 24.6 Å². The molecule has 0 bridgehead atoms. The van der Waals surface area contributed by atoms with Crippen LogP contribution in [0.3, 0.4) is 0 Å². The Morgan fingerprint density at radius 2 is 1.79 bits per heavy atom. The molecule has 0 radical (unpaired) electrons. The first-order chi connectivity index (χ1) is 11.8. The molecule has 2 aromatic rings. The number of methoxy groups -OCH3 is 1. The first kappa shape index (κ1) is 18.1. The van der Waals surface area contributed by atoms with Crippen molar-refractivity contribution in [3.8, 4) is 17.2 Å². The van der Waals surface area contributed by atoms with Crippen molar-refractivity contribution in [3.05, 3.63) is 53.6 Å². The van der Waals surface area contributed by atoms with E-state index in [2.05, 4.69) is 5.32 Å². The average molecular weight is 331 g/mol. The van der Waals surface area contributed by atoms with E-state index in [1.807, 2.05) is 49.4 Å². The Hall–Kier alpha value is -2.24. The quantitative estimate of drug-likeness (QED) is 0.701. The predicted octanol–water partition coefficient (Wildman–Crippen LogP) is 2.75. The first-order valence-corrected chi connectivity index (χ1v) is 8.10. The van der Waals surface area contributed by atoms with Crippen LogP contribution in [0, 0.1) is 0 Å². The molecule has 5 heteroatoms. The molecular formula is C19H25NO4. The molecule has 2 N–H and O–H groups in total. The van der Waals surface area contributed by atoms with Gasteiger partial charge in [-0.25, -0.2) is 0 Å². The molecular weight excluding hydrogens is 306 g/mol. The largest absolute Gasteiger partial charge is 0.496 e. The summed E-state index contributed by atoms with van der Waals surface area (Å²) in [6.45, 7) is 4.16. The van der Waals surface area contributed by atoms with Crippen molar-refractivity contribution in [1.29, 1.82) is 0 Å². The minimum absolute atomic E-state index is 0.0201. The van der Waals surface area contributed by atoms with E-state index in [4.69, 9.17) is 19.3 Å². The number of para-hydroxylation sites is 1. The van der Waals surface area contributed by atoms with Gasteiger partial charge in [-0.05, 0) is 30.7 Å². The second kappa shape index (κ2) is 9.80. The van der Waals surface area contributed by atoms with Crippen LogP contribution in [-0.2, 0) is 13.1 Å². The highest BCUT2D eigenvalue weighted by Gasteiger charge is 2.07. The number of aliphatic hydroxyl groups excluding tert-OH is 1. The van der Waals surface area contributed by atoms with Crippen LogP contribution in [0.25, 0.3) is 0 Å². The summed E-state index contributed by atoms with van der Waals surface area (Å²) < 4.78 is 16.5. The van der Waals surface area contributed by atoms with Gasteiger partial charge in [0.15, 0.2) is 11.5 Å². The highest BCUT2D eigenvalue weighted by molar-refractivity contribution is 5.43. The summed E-state index contributed by atoms with van der Waals surface area (Å²) in [7, 11) is 1.68. The topological polar surface area (TPSA) is 60.0 Å².